The number of ether oxygens (including phenoxy) is 2. The first-order valence-corrected chi connectivity index (χ1v) is 10.1. The van der Waals surface area contributed by atoms with Crippen LogP contribution in [0.25, 0.3) is 0 Å². The van der Waals surface area contributed by atoms with Crippen LogP contribution >= 0.6 is 11.6 Å². The predicted molar refractivity (Wildman–Crippen MR) is 110 cm³/mol. The maximum atomic E-state index is 12.7. The van der Waals surface area contributed by atoms with E-state index in [1.165, 1.54) is 0 Å². The highest BCUT2D eigenvalue weighted by atomic mass is 35.5. The van der Waals surface area contributed by atoms with E-state index in [1.54, 1.807) is 19.1 Å². The van der Waals surface area contributed by atoms with Gasteiger partial charge in [-0.1, -0.05) is 11.6 Å². The van der Waals surface area contributed by atoms with E-state index < -0.39 is 17.8 Å². The van der Waals surface area contributed by atoms with Crippen molar-refractivity contribution in [3.05, 3.63) is 28.8 Å². The number of hydrogen-bond donors (Lipinski definition) is 1. The van der Waals surface area contributed by atoms with Crippen LogP contribution in [0.5, 0.6) is 5.75 Å². The molecule has 1 unspecified atom stereocenters. The normalized spacial score (nSPS) is 16.4. The van der Waals surface area contributed by atoms with Crippen molar-refractivity contribution >= 4 is 23.6 Å². The van der Waals surface area contributed by atoms with E-state index in [-0.39, 0.29) is 5.91 Å². The summed E-state index contributed by atoms with van der Waals surface area (Å²) in [5, 5.41) is 3.46. The zero-order chi connectivity index (χ0) is 20.9. The molecule has 0 bridgehead atoms. The summed E-state index contributed by atoms with van der Waals surface area (Å²) in [5.41, 5.74) is 0.400. The van der Waals surface area contributed by atoms with Crippen molar-refractivity contribution in [2.24, 2.45) is 5.92 Å². The second kappa shape index (κ2) is 9.50. The van der Waals surface area contributed by atoms with Gasteiger partial charge < -0.3 is 19.7 Å². The summed E-state index contributed by atoms with van der Waals surface area (Å²) in [7, 11) is 0. The summed E-state index contributed by atoms with van der Waals surface area (Å²) < 4.78 is 11.1. The molecule has 7 heteroatoms. The second-order valence-electron chi connectivity index (χ2n) is 8.32. The van der Waals surface area contributed by atoms with Gasteiger partial charge in [0, 0.05) is 24.7 Å². The molecule has 2 amide bonds. The van der Waals surface area contributed by atoms with Crippen LogP contribution in [0.15, 0.2) is 18.2 Å². The summed E-state index contributed by atoms with van der Waals surface area (Å²) in [5.74, 6) is 0.987. The van der Waals surface area contributed by atoms with Gasteiger partial charge in [0.25, 0.3) is 5.91 Å². The van der Waals surface area contributed by atoms with Crippen molar-refractivity contribution in [3.8, 4) is 5.75 Å². The van der Waals surface area contributed by atoms with E-state index in [4.69, 9.17) is 21.1 Å². The number of likely N-dealkylation sites (tertiary alicyclic amines) is 1. The van der Waals surface area contributed by atoms with Gasteiger partial charge in [0.2, 0.25) is 0 Å². The lowest BCUT2D eigenvalue weighted by Gasteiger charge is -2.33. The van der Waals surface area contributed by atoms with Crippen molar-refractivity contribution in [2.45, 2.75) is 59.2 Å². The fraction of sp³-hybridized carbons (Fsp3) is 0.619. The molecule has 1 aromatic rings. The summed E-state index contributed by atoms with van der Waals surface area (Å²) in [6.45, 7) is 11.1. The van der Waals surface area contributed by atoms with Crippen LogP contribution in [0.4, 0.5) is 4.79 Å². The Morgan fingerprint density at radius 3 is 2.50 bits per heavy atom. The third-order valence-corrected chi connectivity index (χ3v) is 4.88. The number of nitrogens with one attached hydrogen (secondary N) is 1. The van der Waals surface area contributed by atoms with Crippen molar-refractivity contribution in [1.82, 2.24) is 10.2 Å². The number of aryl methyl sites for hydroxylation is 1. The van der Waals surface area contributed by atoms with Crippen LogP contribution in [-0.2, 0) is 9.53 Å². The van der Waals surface area contributed by atoms with E-state index in [0.717, 1.165) is 18.4 Å². The predicted octanol–water partition coefficient (Wildman–Crippen LogP) is 4.18. The molecule has 1 aromatic carbocycles. The van der Waals surface area contributed by atoms with E-state index >= 15 is 0 Å². The summed E-state index contributed by atoms with van der Waals surface area (Å²) >= 11 is 5.96. The number of benzene rings is 1. The van der Waals surface area contributed by atoms with Crippen molar-refractivity contribution in [1.29, 1.82) is 0 Å². The SMILES string of the molecule is Cc1cc(Cl)ccc1OC(C)C(=O)N1CCC(CNC(=O)OC(C)(C)C)CC1. The first-order chi connectivity index (χ1) is 13.0. The quantitative estimate of drug-likeness (QED) is 0.790. The van der Waals surface area contributed by atoms with E-state index in [1.807, 2.05) is 38.7 Å². The molecule has 2 rings (SSSR count). The lowest BCUT2D eigenvalue weighted by atomic mass is 9.96. The molecule has 0 saturated carbocycles. The number of piperidine rings is 1. The first-order valence-electron chi connectivity index (χ1n) is 9.73. The molecule has 1 N–H and O–H groups in total. The topological polar surface area (TPSA) is 67.9 Å². The average molecular weight is 411 g/mol. The Kier molecular flexibility index (Phi) is 7.58. The third kappa shape index (κ3) is 6.89. The zero-order valence-corrected chi connectivity index (χ0v) is 18.1. The molecule has 0 radical (unpaired) electrons. The van der Waals surface area contributed by atoms with Gasteiger partial charge in [0.15, 0.2) is 6.10 Å². The lowest BCUT2D eigenvalue weighted by molar-refractivity contribution is -0.139. The van der Waals surface area contributed by atoms with E-state index in [2.05, 4.69) is 5.32 Å². The van der Waals surface area contributed by atoms with Crippen LogP contribution in [0, 0.1) is 12.8 Å². The van der Waals surface area contributed by atoms with Gasteiger partial charge in [-0.3, -0.25) is 4.79 Å². The molecule has 1 aliphatic rings. The Morgan fingerprint density at radius 2 is 1.93 bits per heavy atom. The largest absolute Gasteiger partial charge is 0.481 e. The molecular formula is C21H31ClN2O4. The zero-order valence-electron chi connectivity index (χ0n) is 17.4. The Labute approximate surface area is 172 Å². The van der Waals surface area contributed by atoms with Gasteiger partial charge in [0.05, 0.1) is 0 Å². The maximum Gasteiger partial charge on any atom is 0.407 e. The number of carbonyl (C=O) groups excluding carboxylic acids is 2. The van der Waals surface area contributed by atoms with Gasteiger partial charge in [0.1, 0.15) is 11.4 Å². The Morgan fingerprint density at radius 1 is 1.29 bits per heavy atom. The molecule has 28 heavy (non-hydrogen) atoms. The van der Waals surface area contributed by atoms with Gasteiger partial charge >= 0.3 is 6.09 Å². The standard InChI is InChI=1S/C21H31ClN2O4/c1-14-12-17(22)6-7-18(14)27-15(2)19(25)24-10-8-16(9-11-24)13-23-20(26)28-21(3,4)5/h6-7,12,15-16H,8-11,13H2,1-5H3,(H,23,26). The minimum Gasteiger partial charge on any atom is -0.481 e. The van der Waals surface area contributed by atoms with Crippen LogP contribution < -0.4 is 10.1 Å². The van der Waals surface area contributed by atoms with Crippen LogP contribution in [0.3, 0.4) is 0 Å². The van der Waals surface area contributed by atoms with Gasteiger partial charge in [-0.05, 0) is 77.1 Å². The molecule has 1 atom stereocenters. The molecule has 156 valence electrons. The fourth-order valence-electron chi connectivity index (χ4n) is 3.14. The van der Waals surface area contributed by atoms with Gasteiger partial charge in [-0.15, -0.1) is 0 Å². The molecule has 1 heterocycles. The number of rotatable bonds is 5. The van der Waals surface area contributed by atoms with E-state index in [0.29, 0.717) is 36.3 Å². The molecule has 1 saturated heterocycles. The van der Waals surface area contributed by atoms with Crippen molar-refractivity contribution in [2.75, 3.05) is 19.6 Å². The molecule has 0 aromatic heterocycles. The summed E-state index contributed by atoms with van der Waals surface area (Å²) in [6, 6.07) is 5.36. The minimum absolute atomic E-state index is 0.0205. The monoisotopic (exact) mass is 410 g/mol. The first kappa shape index (κ1) is 22.3. The number of hydrogen-bond acceptors (Lipinski definition) is 4. The summed E-state index contributed by atoms with van der Waals surface area (Å²) in [4.78, 5) is 26.3. The minimum atomic E-state index is -0.559. The molecule has 0 spiro atoms. The molecule has 1 fully saturated rings. The Balaban J connectivity index is 1.77. The van der Waals surface area contributed by atoms with Crippen molar-refractivity contribution in [3.63, 3.8) is 0 Å². The maximum absolute atomic E-state index is 12.7. The van der Waals surface area contributed by atoms with Crippen LogP contribution in [0.2, 0.25) is 5.02 Å². The Bertz CT molecular complexity index is 694. The smallest absolute Gasteiger partial charge is 0.407 e. The number of nitrogens with zero attached hydrogens (tertiary/aromatic N) is 1. The van der Waals surface area contributed by atoms with Crippen molar-refractivity contribution < 1.29 is 19.1 Å². The molecule has 0 aliphatic carbocycles. The lowest BCUT2D eigenvalue weighted by Crippen LogP contribution is -2.46. The number of amides is 2. The van der Waals surface area contributed by atoms with Gasteiger partial charge in [-0.25, -0.2) is 4.79 Å². The summed E-state index contributed by atoms with van der Waals surface area (Å²) in [6.07, 6.45) is 0.727. The molecular weight excluding hydrogens is 380 g/mol. The van der Waals surface area contributed by atoms with Gasteiger partial charge in [-0.2, -0.15) is 0 Å². The van der Waals surface area contributed by atoms with Crippen LogP contribution in [0.1, 0.15) is 46.1 Å². The number of alkyl carbamates (subject to hydrolysis) is 1. The van der Waals surface area contributed by atoms with Crippen LogP contribution in [-0.4, -0.2) is 48.2 Å². The number of halogens is 1. The highest BCUT2D eigenvalue weighted by Gasteiger charge is 2.28. The number of carbonyl (C=O) groups is 2. The molecule has 6 nitrogen and oxygen atoms in total. The van der Waals surface area contributed by atoms with E-state index in [9.17, 15) is 9.59 Å². The fourth-order valence-corrected chi connectivity index (χ4v) is 3.37. The third-order valence-electron chi connectivity index (χ3n) is 4.65. The molecule has 1 aliphatic heterocycles. The Hall–Kier alpha value is -1.95. The average Bonchev–Trinajstić information content (AvgIpc) is 2.60. The highest BCUT2D eigenvalue weighted by Crippen LogP contribution is 2.24. The second-order valence-corrected chi connectivity index (χ2v) is 8.76. The highest BCUT2D eigenvalue weighted by molar-refractivity contribution is 6.30.